The van der Waals surface area contributed by atoms with E-state index in [4.69, 9.17) is 0 Å². The van der Waals surface area contributed by atoms with Crippen LogP contribution in [0, 0.1) is 6.92 Å². The van der Waals surface area contributed by atoms with E-state index in [-0.39, 0.29) is 0 Å². The highest BCUT2D eigenvalue weighted by atomic mass is 15.0. The molecule has 0 radical (unpaired) electrons. The summed E-state index contributed by atoms with van der Waals surface area (Å²) in [6, 6.07) is 15.2. The standard InChI is InChI=1S/C20H21N2/c1-15-18(17-9-3-4-11-20(17)21(15)2)14-16-8-7-13-22-12-6-5-10-19(16)22/h3-6,9-12,14H,7-8,13H2,1-2H3/q+1. The van der Waals surface area contributed by atoms with Gasteiger partial charge in [-0.25, -0.2) is 0 Å². The fraction of sp³-hybridized carbons (Fsp3) is 0.250. The van der Waals surface area contributed by atoms with Gasteiger partial charge in [0.25, 0.3) is 0 Å². The Labute approximate surface area is 131 Å². The zero-order chi connectivity index (χ0) is 15.1. The maximum atomic E-state index is 2.41. The zero-order valence-electron chi connectivity index (χ0n) is 13.2. The van der Waals surface area contributed by atoms with Gasteiger partial charge in [0, 0.05) is 53.3 Å². The average Bonchev–Trinajstić information content (AvgIpc) is 2.81. The SMILES string of the molecule is Cc1c(/C=C2\CCC[n+]3ccccc32)c2ccccc2n1C. The normalized spacial score (nSPS) is 16.2. The summed E-state index contributed by atoms with van der Waals surface area (Å²) in [5.41, 5.74) is 6.82. The molecule has 3 heterocycles. The second-order valence-electron chi connectivity index (χ2n) is 6.13. The van der Waals surface area contributed by atoms with E-state index in [0.29, 0.717) is 0 Å². The first kappa shape index (κ1) is 13.3. The molecule has 4 rings (SSSR count). The molecule has 2 heteroatoms. The van der Waals surface area contributed by atoms with Gasteiger partial charge in [0.1, 0.15) is 6.54 Å². The second kappa shape index (κ2) is 5.13. The van der Waals surface area contributed by atoms with Crippen molar-refractivity contribution < 1.29 is 4.57 Å². The monoisotopic (exact) mass is 289 g/mol. The van der Waals surface area contributed by atoms with Crippen molar-refractivity contribution in [1.29, 1.82) is 0 Å². The van der Waals surface area contributed by atoms with Crippen LogP contribution in [0.15, 0.2) is 48.7 Å². The van der Waals surface area contributed by atoms with Crippen LogP contribution in [0.1, 0.15) is 29.8 Å². The highest BCUT2D eigenvalue weighted by Crippen LogP contribution is 2.30. The Hall–Kier alpha value is -2.35. The van der Waals surface area contributed by atoms with Crippen molar-refractivity contribution >= 4 is 22.6 Å². The van der Waals surface area contributed by atoms with Crippen molar-refractivity contribution in [3.8, 4) is 0 Å². The number of hydrogen-bond acceptors (Lipinski definition) is 0. The molecule has 0 bridgehead atoms. The minimum Gasteiger partial charge on any atom is -0.347 e. The summed E-state index contributed by atoms with van der Waals surface area (Å²) >= 11 is 0. The van der Waals surface area contributed by atoms with E-state index in [0.717, 1.165) is 13.0 Å². The van der Waals surface area contributed by atoms with Crippen LogP contribution in [-0.2, 0) is 13.6 Å². The molecule has 1 aromatic carbocycles. The summed E-state index contributed by atoms with van der Waals surface area (Å²) < 4.78 is 4.67. The van der Waals surface area contributed by atoms with Crippen molar-refractivity contribution in [3.63, 3.8) is 0 Å². The molecule has 1 aliphatic heterocycles. The molecular formula is C20H21N2+. The summed E-state index contributed by atoms with van der Waals surface area (Å²) in [5, 5.41) is 1.35. The molecule has 0 amide bonds. The lowest BCUT2D eigenvalue weighted by atomic mass is 9.98. The Morgan fingerprint density at radius 1 is 1.09 bits per heavy atom. The Balaban J connectivity index is 1.93. The summed E-state index contributed by atoms with van der Waals surface area (Å²) in [4.78, 5) is 0. The smallest absolute Gasteiger partial charge is 0.208 e. The van der Waals surface area contributed by atoms with E-state index in [9.17, 15) is 0 Å². The topological polar surface area (TPSA) is 8.81 Å². The molecule has 0 unspecified atom stereocenters. The van der Waals surface area contributed by atoms with Gasteiger partial charge in [-0.3, -0.25) is 0 Å². The van der Waals surface area contributed by atoms with Crippen LogP contribution in [0.5, 0.6) is 0 Å². The number of benzene rings is 1. The van der Waals surface area contributed by atoms with Crippen LogP contribution in [0.2, 0.25) is 0 Å². The fourth-order valence-corrected chi connectivity index (χ4v) is 3.58. The average molecular weight is 289 g/mol. The number of allylic oxidation sites excluding steroid dienone is 1. The van der Waals surface area contributed by atoms with Crippen LogP contribution in [0.3, 0.4) is 0 Å². The molecule has 0 aliphatic carbocycles. The van der Waals surface area contributed by atoms with Gasteiger partial charge in [0.05, 0.1) is 0 Å². The third kappa shape index (κ3) is 1.98. The second-order valence-corrected chi connectivity index (χ2v) is 6.13. The zero-order valence-corrected chi connectivity index (χ0v) is 13.2. The molecule has 0 spiro atoms. The van der Waals surface area contributed by atoms with E-state index in [1.807, 2.05) is 0 Å². The van der Waals surface area contributed by atoms with E-state index < -0.39 is 0 Å². The first-order valence-electron chi connectivity index (χ1n) is 7.99. The molecule has 0 N–H and O–H groups in total. The number of nitrogens with zero attached hydrogens (tertiary/aromatic N) is 2. The number of aryl methyl sites for hydroxylation is 2. The number of hydrogen-bond donors (Lipinski definition) is 0. The Morgan fingerprint density at radius 3 is 2.82 bits per heavy atom. The van der Waals surface area contributed by atoms with Crippen LogP contribution in [0.4, 0.5) is 0 Å². The Bertz CT molecular complexity index is 884. The molecule has 1 aliphatic rings. The summed E-state index contributed by atoms with van der Waals surface area (Å²) in [5.74, 6) is 0. The lowest BCUT2D eigenvalue weighted by Crippen LogP contribution is -2.40. The number of rotatable bonds is 1. The molecule has 110 valence electrons. The largest absolute Gasteiger partial charge is 0.347 e. The van der Waals surface area contributed by atoms with Gasteiger partial charge in [-0.1, -0.05) is 18.2 Å². The van der Waals surface area contributed by atoms with Gasteiger partial charge >= 0.3 is 0 Å². The third-order valence-electron chi connectivity index (χ3n) is 4.88. The van der Waals surface area contributed by atoms with Gasteiger partial charge in [0.15, 0.2) is 6.20 Å². The molecule has 2 nitrogen and oxygen atoms in total. The van der Waals surface area contributed by atoms with Crippen LogP contribution >= 0.6 is 0 Å². The highest BCUT2D eigenvalue weighted by molar-refractivity contribution is 5.95. The van der Waals surface area contributed by atoms with Gasteiger partial charge in [0.2, 0.25) is 5.69 Å². The van der Waals surface area contributed by atoms with E-state index in [1.54, 1.807) is 0 Å². The van der Waals surface area contributed by atoms with Crippen LogP contribution in [0.25, 0.3) is 22.6 Å². The molecule has 22 heavy (non-hydrogen) atoms. The predicted octanol–water partition coefficient (Wildman–Crippen LogP) is 4.11. The summed E-state index contributed by atoms with van der Waals surface area (Å²) in [6.45, 7) is 3.34. The predicted molar refractivity (Wildman–Crippen MR) is 91.4 cm³/mol. The first-order valence-corrected chi connectivity index (χ1v) is 7.99. The molecule has 2 aromatic heterocycles. The molecule has 0 saturated carbocycles. The maximum Gasteiger partial charge on any atom is 0.208 e. The van der Waals surface area contributed by atoms with Crippen molar-refractivity contribution in [1.82, 2.24) is 4.57 Å². The van der Waals surface area contributed by atoms with Gasteiger partial charge in [-0.05, 0) is 31.6 Å². The summed E-state index contributed by atoms with van der Waals surface area (Å²) in [6.07, 6.45) is 6.98. The molecular weight excluding hydrogens is 268 g/mol. The first-order chi connectivity index (χ1) is 10.8. The lowest BCUT2D eigenvalue weighted by molar-refractivity contribution is -0.702. The maximum absolute atomic E-state index is 2.41. The Kier molecular flexibility index (Phi) is 3.11. The van der Waals surface area contributed by atoms with Crippen LogP contribution in [-0.4, -0.2) is 4.57 Å². The van der Waals surface area contributed by atoms with Crippen molar-refractivity contribution in [2.45, 2.75) is 26.3 Å². The number of fused-ring (bicyclic) bond motifs is 2. The van der Waals surface area contributed by atoms with Crippen molar-refractivity contribution in [2.75, 3.05) is 0 Å². The van der Waals surface area contributed by atoms with E-state index >= 15 is 0 Å². The lowest BCUT2D eigenvalue weighted by Gasteiger charge is -2.13. The van der Waals surface area contributed by atoms with Crippen molar-refractivity contribution in [2.24, 2.45) is 7.05 Å². The van der Waals surface area contributed by atoms with E-state index in [2.05, 4.69) is 77.8 Å². The number of para-hydroxylation sites is 1. The number of pyridine rings is 1. The van der Waals surface area contributed by atoms with Gasteiger partial charge in [-0.15, -0.1) is 0 Å². The van der Waals surface area contributed by atoms with Crippen molar-refractivity contribution in [3.05, 3.63) is 65.6 Å². The molecule has 3 aromatic rings. The summed E-state index contributed by atoms with van der Waals surface area (Å²) in [7, 11) is 2.16. The molecule has 0 fully saturated rings. The fourth-order valence-electron chi connectivity index (χ4n) is 3.58. The highest BCUT2D eigenvalue weighted by Gasteiger charge is 2.21. The van der Waals surface area contributed by atoms with Gasteiger partial charge in [-0.2, -0.15) is 4.57 Å². The minimum absolute atomic E-state index is 1.13. The number of aromatic nitrogens is 2. The van der Waals surface area contributed by atoms with Gasteiger partial charge < -0.3 is 4.57 Å². The molecule has 0 saturated heterocycles. The molecule has 0 atom stereocenters. The van der Waals surface area contributed by atoms with Crippen LogP contribution < -0.4 is 4.57 Å². The third-order valence-corrected chi connectivity index (χ3v) is 4.88. The minimum atomic E-state index is 1.13. The quantitative estimate of drug-likeness (QED) is 0.596. The Morgan fingerprint density at radius 2 is 1.91 bits per heavy atom. The van der Waals surface area contributed by atoms with E-state index in [1.165, 1.54) is 39.8 Å².